The average Bonchev–Trinajstić information content (AvgIpc) is 2.21. The molecule has 5 heteroatoms. The Labute approximate surface area is 97.6 Å². The van der Waals surface area contributed by atoms with Crippen LogP contribution in [0.1, 0.15) is 17.5 Å². The van der Waals surface area contributed by atoms with E-state index in [-0.39, 0.29) is 18.6 Å². The molecule has 5 nitrogen and oxygen atoms in total. The molecule has 0 atom stereocenters. The number of rotatable bonds is 5. The Morgan fingerprint density at radius 3 is 2.47 bits per heavy atom. The number of benzene rings is 1. The average molecular weight is 236 g/mol. The van der Waals surface area contributed by atoms with Crippen LogP contribution in [-0.4, -0.2) is 27.3 Å². The van der Waals surface area contributed by atoms with Gasteiger partial charge in [-0.1, -0.05) is 18.2 Å². The third-order valence-electron chi connectivity index (χ3n) is 2.04. The highest BCUT2D eigenvalue weighted by molar-refractivity contribution is 5.72. The largest absolute Gasteiger partial charge is 0.507 e. The van der Waals surface area contributed by atoms with Crippen molar-refractivity contribution in [2.45, 2.75) is 12.8 Å². The summed E-state index contributed by atoms with van der Waals surface area (Å²) in [6, 6.07) is 4.42. The topological polar surface area (TPSA) is 94.8 Å². The van der Waals surface area contributed by atoms with E-state index < -0.39 is 11.9 Å². The molecular weight excluding hydrogens is 224 g/mol. The predicted molar refractivity (Wildman–Crippen MR) is 60.7 cm³/mol. The molecule has 17 heavy (non-hydrogen) atoms. The first-order valence-electron chi connectivity index (χ1n) is 4.91. The first kappa shape index (κ1) is 12.8. The second kappa shape index (κ2) is 5.69. The van der Waals surface area contributed by atoms with Crippen molar-refractivity contribution in [3.8, 4) is 5.75 Å². The van der Waals surface area contributed by atoms with E-state index >= 15 is 0 Å². The van der Waals surface area contributed by atoms with E-state index in [1.807, 2.05) is 0 Å². The Hall–Kier alpha value is -2.30. The molecule has 0 bridgehead atoms. The van der Waals surface area contributed by atoms with Gasteiger partial charge in [0.2, 0.25) is 0 Å². The number of carboxylic acid groups (broad SMARTS) is 2. The van der Waals surface area contributed by atoms with Crippen LogP contribution in [0.2, 0.25) is 0 Å². The standard InChI is InChI=1S/C12H12O5/c13-10-5-4-8(7-12(16)17)6-9(10)2-1-3-11(14)15/h1-2,4-6,13H,3,7H2,(H,14,15)(H,16,17). The highest BCUT2D eigenvalue weighted by Gasteiger charge is 2.04. The fourth-order valence-corrected chi connectivity index (χ4v) is 1.31. The van der Waals surface area contributed by atoms with Crippen molar-refractivity contribution in [2.24, 2.45) is 0 Å². The monoisotopic (exact) mass is 236 g/mol. The number of aliphatic carboxylic acids is 2. The zero-order chi connectivity index (χ0) is 12.8. The first-order chi connectivity index (χ1) is 7.99. The summed E-state index contributed by atoms with van der Waals surface area (Å²) < 4.78 is 0. The second-order valence-electron chi connectivity index (χ2n) is 3.46. The maximum atomic E-state index is 10.5. The van der Waals surface area contributed by atoms with Gasteiger partial charge in [-0.25, -0.2) is 0 Å². The van der Waals surface area contributed by atoms with Gasteiger partial charge in [0, 0.05) is 5.56 Å². The maximum Gasteiger partial charge on any atom is 0.307 e. The smallest absolute Gasteiger partial charge is 0.307 e. The lowest BCUT2D eigenvalue weighted by atomic mass is 10.1. The molecule has 0 amide bonds. The van der Waals surface area contributed by atoms with Crippen LogP contribution in [0.4, 0.5) is 0 Å². The summed E-state index contributed by atoms with van der Waals surface area (Å²) in [7, 11) is 0. The van der Waals surface area contributed by atoms with Crippen LogP contribution < -0.4 is 0 Å². The molecule has 1 aromatic rings. The zero-order valence-corrected chi connectivity index (χ0v) is 8.96. The van der Waals surface area contributed by atoms with Crippen molar-refractivity contribution in [2.75, 3.05) is 0 Å². The lowest BCUT2D eigenvalue weighted by Crippen LogP contribution is -1.99. The number of phenolic OH excluding ortho intramolecular Hbond substituents is 1. The molecule has 0 saturated carbocycles. The molecule has 0 heterocycles. The van der Waals surface area contributed by atoms with Gasteiger partial charge in [-0.05, 0) is 17.7 Å². The van der Waals surface area contributed by atoms with Crippen molar-refractivity contribution < 1.29 is 24.9 Å². The Morgan fingerprint density at radius 2 is 1.88 bits per heavy atom. The van der Waals surface area contributed by atoms with Crippen LogP contribution in [0.5, 0.6) is 5.75 Å². The van der Waals surface area contributed by atoms with E-state index in [1.165, 1.54) is 30.4 Å². The number of aromatic hydroxyl groups is 1. The molecule has 0 fully saturated rings. The first-order valence-corrected chi connectivity index (χ1v) is 4.91. The van der Waals surface area contributed by atoms with Crippen molar-refractivity contribution in [3.05, 3.63) is 35.4 Å². The number of carbonyl (C=O) groups is 2. The summed E-state index contributed by atoms with van der Waals surface area (Å²) in [5, 5.41) is 26.5. The van der Waals surface area contributed by atoms with Gasteiger partial charge in [0.25, 0.3) is 0 Å². The van der Waals surface area contributed by atoms with Gasteiger partial charge >= 0.3 is 11.9 Å². The van der Waals surface area contributed by atoms with Gasteiger partial charge in [0.1, 0.15) is 5.75 Å². The molecule has 0 aliphatic rings. The summed E-state index contributed by atoms with van der Waals surface area (Å²) in [5.74, 6) is -1.95. The lowest BCUT2D eigenvalue weighted by molar-refractivity contribution is -0.137. The highest BCUT2D eigenvalue weighted by atomic mass is 16.4. The SMILES string of the molecule is O=C(O)CC=Cc1cc(CC(=O)O)ccc1O. The molecule has 0 saturated heterocycles. The van der Waals surface area contributed by atoms with Crippen molar-refractivity contribution in [1.82, 2.24) is 0 Å². The van der Waals surface area contributed by atoms with E-state index in [4.69, 9.17) is 10.2 Å². The van der Waals surface area contributed by atoms with Crippen LogP contribution >= 0.6 is 0 Å². The third kappa shape index (κ3) is 4.38. The summed E-state index contributed by atoms with van der Waals surface area (Å²) in [6.45, 7) is 0. The molecule has 0 spiro atoms. The minimum Gasteiger partial charge on any atom is -0.507 e. The molecule has 1 aromatic carbocycles. The quantitative estimate of drug-likeness (QED) is 0.720. The summed E-state index contributed by atoms with van der Waals surface area (Å²) in [5.41, 5.74) is 0.954. The zero-order valence-electron chi connectivity index (χ0n) is 8.96. The van der Waals surface area contributed by atoms with Crippen LogP contribution in [0.25, 0.3) is 6.08 Å². The fraction of sp³-hybridized carbons (Fsp3) is 0.167. The van der Waals surface area contributed by atoms with Gasteiger partial charge in [-0.3, -0.25) is 9.59 Å². The van der Waals surface area contributed by atoms with Gasteiger partial charge in [-0.2, -0.15) is 0 Å². The van der Waals surface area contributed by atoms with Crippen LogP contribution in [0.3, 0.4) is 0 Å². The molecule has 3 N–H and O–H groups in total. The number of phenols is 1. The van der Waals surface area contributed by atoms with Crippen molar-refractivity contribution in [3.63, 3.8) is 0 Å². The Balaban J connectivity index is 2.86. The lowest BCUT2D eigenvalue weighted by Gasteiger charge is -2.02. The van der Waals surface area contributed by atoms with E-state index in [1.54, 1.807) is 0 Å². The minimum absolute atomic E-state index is 0.0132. The predicted octanol–water partition coefficient (Wildman–Crippen LogP) is 1.51. The van der Waals surface area contributed by atoms with E-state index in [0.717, 1.165) is 0 Å². The van der Waals surface area contributed by atoms with E-state index in [2.05, 4.69) is 0 Å². The molecule has 0 radical (unpaired) electrons. The molecule has 0 unspecified atom stereocenters. The van der Waals surface area contributed by atoms with E-state index in [9.17, 15) is 14.7 Å². The van der Waals surface area contributed by atoms with Crippen LogP contribution in [-0.2, 0) is 16.0 Å². The summed E-state index contributed by atoms with van der Waals surface area (Å²) in [4.78, 5) is 20.8. The highest BCUT2D eigenvalue weighted by Crippen LogP contribution is 2.20. The Kier molecular flexibility index (Phi) is 4.28. The van der Waals surface area contributed by atoms with Crippen molar-refractivity contribution >= 4 is 18.0 Å². The van der Waals surface area contributed by atoms with Crippen LogP contribution in [0, 0.1) is 0 Å². The summed E-state index contributed by atoms with van der Waals surface area (Å²) >= 11 is 0. The Bertz CT molecular complexity index is 462. The summed E-state index contributed by atoms with van der Waals surface area (Å²) in [6.07, 6.45) is 2.55. The third-order valence-corrected chi connectivity index (χ3v) is 2.04. The number of carboxylic acids is 2. The Morgan fingerprint density at radius 1 is 1.18 bits per heavy atom. The second-order valence-corrected chi connectivity index (χ2v) is 3.46. The minimum atomic E-state index is -0.970. The molecule has 0 aliphatic carbocycles. The number of hydrogen-bond acceptors (Lipinski definition) is 3. The fourth-order valence-electron chi connectivity index (χ4n) is 1.31. The van der Waals surface area contributed by atoms with Gasteiger partial charge in [0.15, 0.2) is 0 Å². The molecule has 90 valence electrons. The van der Waals surface area contributed by atoms with Gasteiger partial charge in [-0.15, -0.1) is 0 Å². The van der Waals surface area contributed by atoms with Crippen LogP contribution in [0.15, 0.2) is 24.3 Å². The molecule has 0 aromatic heterocycles. The van der Waals surface area contributed by atoms with Gasteiger partial charge < -0.3 is 15.3 Å². The van der Waals surface area contributed by atoms with Crippen molar-refractivity contribution in [1.29, 1.82) is 0 Å². The van der Waals surface area contributed by atoms with Gasteiger partial charge in [0.05, 0.1) is 12.8 Å². The molecular formula is C12H12O5. The maximum absolute atomic E-state index is 10.5. The molecule has 1 rings (SSSR count). The van der Waals surface area contributed by atoms with E-state index in [0.29, 0.717) is 11.1 Å². The normalized spacial score (nSPS) is 10.6. The number of hydrogen-bond donors (Lipinski definition) is 3. The molecule has 0 aliphatic heterocycles.